The van der Waals surface area contributed by atoms with Crippen molar-refractivity contribution in [3.63, 3.8) is 0 Å². The molecule has 0 radical (unpaired) electrons. The lowest BCUT2D eigenvalue weighted by atomic mass is 10.3. The van der Waals surface area contributed by atoms with Crippen LogP contribution in [0.2, 0.25) is 11.1 Å². The highest BCUT2D eigenvalue weighted by molar-refractivity contribution is 8.00. The van der Waals surface area contributed by atoms with Gasteiger partial charge in [0.15, 0.2) is 0 Å². The second-order valence-corrected chi connectivity index (χ2v) is 18.6. The Balaban J connectivity index is -0.000000247. The molecule has 0 N–H and O–H groups in total. The van der Waals surface area contributed by atoms with Crippen LogP contribution in [0.25, 0.3) is 0 Å². The third kappa shape index (κ3) is 16.6. The zero-order valence-corrected chi connectivity index (χ0v) is 35.8. The Bertz CT molecular complexity index is 831. The normalized spacial score (nSPS) is 15.9. The minimum atomic E-state index is -2.29. The standard InChI is InChI=1S/C8H13NO2S.C7H9NO2.2C6H16O3Si.2CH4S/c1-5(2)9-7(10)4-6(12-3)8(9)11;1-5(2)8-6(9)3-4-7(8)10;2*1-6(2)10(7-3,8-4)9-5;2*1-2/h5-6H,4H2,1-3H3;3-5H,1-2H3;2*6H,1-5H3;2*2H,1H3/p+1. The van der Waals surface area contributed by atoms with Gasteiger partial charge in [0.2, 0.25) is 11.8 Å². The maximum absolute atomic E-state index is 11.5. The molecule has 0 saturated carbocycles. The van der Waals surface area contributed by atoms with Gasteiger partial charge in [-0.25, -0.2) is 0 Å². The first-order valence-electron chi connectivity index (χ1n) is 14.7. The molecule has 0 aliphatic carbocycles. The summed E-state index contributed by atoms with van der Waals surface area (Å²) in [5, 5.41) is -0.139. The van der Waals surface area contributed by atoms with Crippen molar-refractivity contribution in [3.8, 4) is 0 Å². The van der Waals surface area contributed by atoms with Crippen molar-refractivity contribution in [3.05, 3.63) is 12.2 Å². The Morgan fingerprint density at radius 1 is 0.674 bits per heavy atom. The summed E-state index contributed by atoms with van der Waals surface area (Å²) in [5.41, 5.74) is 0.625. The fourth-order valence-corrected chi connectivity index (χ4v) is 8.64. The molecule has 0 aromatic heterocycles. The summed E-state index contributed by atoms with van der Waals surface area (Å²) in [7, 11) is 5.16. The number of hydrogen-bond acceptors (Lipinski definition) is 12. The third-order valence-electron chi connectivity index (χ3n) is 6.42. The summed E-state index contributed by atoms with van der Waals surface area (Å²) in [6.07, 6.45) is 8.32. The number of amides is 4. The van der Waals surface area contributed by atoms with E-state index in [1.807, 2.05) is 61.6 Å². The zero-order valence-electron chi connectivity index (χ0n) is 31.1. The number of rotatable bonds is 11. The number of carbonyl (C=O) groups excluding carboxylic acids is 4. The number of likely N-dealkylation sites (tertiary alicyclic amines) is 1. The van der Waals surface area contributed by atoms with Gasteiger partial charge in [-0.2, -0.15) is 24.4 Å². The SMILES string of the molecule is CC(C)N1C(=O)C=CC1=O.CO[Si](OC)(OC)C(C)C.CO[Si](OC)(OC)C(C)C.CS.CSC1CC(=O)N(C(C)C)C1=O.C[SH2+]. The number of hydrogen-bond donors (Lipinski definition) is 1. The van der Waals surface area contributed by atoms with Crippen LogP contribution >= 0.6 is 24.4 Å². The molecule has 0 aromatic carbocycles. The molecule has 0 bridgehead atoms. The van der Waals surface area contributed by atoms with Crippen molar-refractivity contribution in [2.45, 2.75) is 90.2 Å². The van der Waals surface area contributed by atoms with Gasteiger partial charge in [0.1, 0.15) is 0 Å². The van der Waals surface area contributed by atoms with E-state index in [9.17, 15) is 19.2 Å². The third-order valence-corrected chi connectivity index (χ3v) is 13.6. The van der Waals surface area contributed by atoms with E-state index in [1.54, 1.807) is 55.2 Å². The first-order chi connectivity index (χ1) is 21.5. The van der Waals surface area contributed by atoms with Crippen LogP contribution < -0.4 is 0 Å². The van der Waals surface area contributed by atoms with E-state index in [0.717, 1.165) is 0 Å². The van der Waals surface area contributed by atoms with Crippen LogP contribution in [0.3, 0.4) is 0 Å². The second kappa shape index (κ2) is 28.1. The summed E-state index contributed by atoms with van der Waals surface area (Å²) >= 11 is 7.95. The van der Waals surface area contributed by atoms with Crippen molar-refractivity contribution in [2.75, 3.05) is 61.4 Å². The number of nitrogens with zero attached hydrogens (tertiary/aromatic N) is 2. The Morgan fingerprint density at radius 2 is 0.957 bits per heavy atom. The second-order valence-electron chi connectivity index (χ2n) is 10.3. The Morgan fingerprint density at radius 3 is 1.07 bits per heavy atom. The van der Waals surface area contributed by atoms with E-state index in [2.05, 4.69) is 25.3 Å². The van der Waals surface area contributed by atoms with Gasteiger partial charge in [-0.05, 0) is 52.8 Å². The summed E-state index contributed by atoms with van der Waals surface area (Å²) in [5.74, 6) is -0.475. The van der Waals surface area contributed by atoms with Crippen molar-refractivity contribution in [1.82, 2.24) is 9.80 Å². The molecule has 2 rings (SSSR count). The molecule has 1 fully saturated rings. The minimum Gasteiger partial charge on any atom is -0.377 e. The predicted molar refractivity (Wildman–Crippen MR) is 200 cm³/mol. The van der Waals surface area contributed by atoms with Crippen LogP contribution in [0.15, 0.2) is 12.2 Å². The summed E-state index contributed by atoms with van der Waals surface area (Å²) in [4.78, 5) is 47.0. The Hall–Kier alpha value is -0.736. The Kier molecular flexibility index (Phi) is 31.9. The summed E-state index contributed by atoms with van der Waals surface area (Å²) < 4.78 is 31.2. The zero-order chi connectivity index (χ0) is 37.4. The van der Waals surface area contributed by atoms with Crippen molar-refractivity contribution in [2.24, 2.45) is 0 Å². The van der Waals surface area contributed by atoms with Gasteiger partial charge < -0.3 is 26.6 Å². The van der Waals surface area contributed by atoms with Gasteiger partial charge >= 0.3 is 17.6 Å². The molecule has 1 unspecified atom stereocenters. The van der Waals surface area contributed by atoms with E-state index in [4.69, 9.17) is 26.6 Å². The molecule has 12 nitrogen and oxygen atoms in total. The Labute approximate surface area is 296 Å². The smallest absolute Gasteiger partial charge is 0.377 e. The molecule has 1 atom stereocenters. The molecule has 2 aliphatic heterocycles. The largest absolute Gasteiger partial charge is 0.502 e. The number of imide groups is 2. The monoisotopic (exact) mass is 751 g/mol. The van der Waals surface area contributed by atoms with Gasteiger partial charge in [-0.15, -0.1) is 0 Å². The fraction of sp³-hybridized carbons (Fsp3) is 0.793. The lowest BCUT2D eigenvalue weighted by Gasteiger charge is -2.27. The average molecular weight is 752 g/mol. The first-order valence-corrected chi connectivity index (χ1v) is 21.4. The molecule has 0 spiro atoms. The van der Waals surface area contributed by atoms with Crippen LogP contribution in [0.5, 0.6) is 0 Å². The predicted octanol–water partition coefficient (Wildman–Crippen LogP) is 3.93. The molecule has 1 saturated heterocycles. The molecular weight excluding hydrogens is 689 g/mol. The lowest BCUT2D eigenvalue weighted by Crippen LogP contribution is -2.45. The molecule has 274 valence electrons. The van der Waals surface area contributed by atoms with Crippen LogP contribution in [0.4, 0.5) is 0 Å². The van der Waals surface area contributed by atoms with Crippen LogP contribution in [0.1, 0.15) is 61.8 Å². The van der Waals surface area contributed by atoms with E-state index < -0.39 is 17.6 Å². The summed E-state index contributed by atoms with van der Waals surface area (Å²) in [6.45, 7) is 15.5. The van der Waals surface area contributed by atoms with Gasteiger partial charge in [0.05, 0.1) is 11.5 Å². The first kappa shape index (κ1) is 52.1. The number of carbonyl (C=O) groups is 4. The highest BCUT2D eigenvalue weighted by Gasteiger charge is 2.42. The fourth-order valence-electron chi connectivity index (χ4n) is 4.18. The maximum atomic E-state index is 11.5. The minimum absolute atomic E-state index is 0.00199. The summed E-state index contributed by atoms with van der Waals surface area (Å²) in [6, 6.07) is -0.0304. The number of thiol groups is 1. The molecule has 2 heterocycles. The van der Waals surface area contributed by atoms with Crippen LogP contribution in [-0.4, -0.2) is 130 Å². The van der Waals surface area contributed by atoms with E-state index in [1.165, 1.54) is 33.7 Å². The van der Waals surface area contributed by atoms with Gasteiger partial charge in [-0.3, -0.25) is 29.0 Å². The molecule has 0 aromatic rings. The van der Waals surface area contributed by atoms with Crippen molar-refractivity contribution in [1.29, 1.82) is 0 Å². The molecule has 46 heavy (non-hydrogen) atoms. The van der Waals surface area contributed by atoms with E-state index in [0.29, 0.717) is 17.5 Å². The van der Waals surface area contributed by atoms with Gasteiger partial charge in [0, 0.05) is 84.4 Å². The molecule has 2 aliphatic rings. The molecule has 17 heteroatoms. The average Bonchev–Trinajstić information content (AvgIpc) is 3.53. The van der Waals surface area contributed by atoms with Gasteiger partial charge in [0.25, 0.3) is 11.8 Å². The quantitative estimate of drug-likeness (QED) is 0.143. The highest BCUT2D eigenvalue weighted by atomic mass is 32.2. The van der Waals surface area contributed by atoms with Crippen molar-refractivity contribution < 1.29 is 45.7 Å². The number of thioether (sulfide) groups is 1. The van der Waals surface area contributed by atoms with E-state index >= 15 is 0 Å². The molecule has 4 amide bonds. The highest BCUT2D eigenvalue weighted by Crippen LogP contribution is 2.25. The van der Waals surface area contributed by atoms with Crippen LogP contribution in [-0.2, 0) is 58.4 Å². The lowest BCUT2D eigenvalue weighted by molar-refractivity contribution is -0.141. The van der Waals surface area contributed by atoms with Crippen LogP contribution in [0, 0.1) is 0 Å². The van der Waals surface area contributed by atoms with Crippen molar-refractivity contribution >= 4 is 78.3 Å². The maximum Gasteiger partial charge on any atom is 0.502 e. The van der Waals surface area contributed by atoms with E-state index in [-0.39, 0.29) is 41.0 Å². The van der Waals surface area contributed by atoms with Gasteiger partial charge in [-0.1, -0.05) is 27.7 Å². The topological polar surface area (TPSA) is 130 Å². The molecular formula is C29H63N2O10S3Si2+.